The molecule has 1 aliphatic carbocycles. The maximum atomic E-state index is 12.3. The molecule has 5 nitrogen and oxygen atoms in total. The molecule has 0 unspecified atom stereocenters. The Morgan fingerprint density at radius 2 is 1.88 bits per heavy atom. The van der Waals surface area contributed by atoms with E-state index in [-0.39, 0.29) is 6.04 Å². The molecule has 0 atom stereocenters. The minimum atomic E-state index is -3.28. The summed E-state index contributed by atoms with van der Waals surface area (Å²) >= 11 is 0. The summed E-state index contributed by atoms with van der Waals surface area (Å²) in [5, 5.41) is 0. The van der Waals surface area contributed by atoms with Crippen LogP contribution in [0.15, 0.2) is 36.7 Å². The molecule has 2 N–H and O–H groups in total. The van der Waals surface area contributed by atoms with E-state index in [0.717, 1.165) is 36.9 Å². The Morgan fingerprint density at radius 3 is 2.48 bits per heavy atom. The summed E-state index contributed by atoms with van der Waals surface area (Å²) in [4.78, 5) is 7.77. The van der Waals surface area contributed by atoms with Crippen molar-refractivity contribution in [1.29, 1.82) is 0 Å². The van der Waals surface area contributed by atoms with Crippen molar-refractivity contribution in [3.63, 3.8) is 0 Å². The third-order valence-electron chi connectivity index (χ3n) is 4.96. The van der Waals surface area contributed by atoms with Gasteiger partial charge in [-0.05, 0) is 70.6 Å². The van der Waals surface area contributed by atoms with Crippen LogP contribution in [0.2, 0.25) is 0 Å². The normalized spacial score (nSPS) is 22.0. The van der Waals surface area contributed by atoms with Crippen molar-refractivity contribution in [2.75, 3.05) is 0 Å². The number of pyridine rings is 1. The Bertz CT molecular complexity index is 799. The molecule has 0 spiro atoms. The maximum Gasteiger partial charge on any atom is 0.216 e. The highest BCUT2D eigenvalue weighted by molar-refractivity contribution is 7.90. The van der Waals surface area contributed by atoms with Gasteiger partial charge in [-0.1, -0.05) is 6.07 Å². The molecule has 3 rings (SSSR count). The first-order valence-corrected chi connectivity index (χ1v) is 10.4. The highest BCUT2D eigenvalue weighted by Gasteiger charge is 2.33. The third kappa shape index (κ3) is 4.12. The Balaban J connectivity index is 1.61. The van der Waals surface area contributed by atoms with Gasteiger partial charge in [0, 0.05) is 29.7 Å². The lowest BCUT2D eigenvalue weighted by Gasteiger charge is -2.31. The van der Waals surface area contributed by atoms with Crippen LogP contribution in [-0.4, -0.2) is 29.2 Å². The molecular weight excluding hydrogens is 334 g/mol. The zero-order chi connectivity index (χ0) is 18.1. The van der Waals surface area contributed by atoms with Gasteiger partial charge >= 0.3 is 0 Å². The van der Waals surface area contributed by atoms with Crippen molar-refractivity contribution in [3.05, 3.63) is 42.4 Å². The average Bonchev–Trinajstić information content (AvgIpc) is 3.05. The largest absolute Gasteiger partial charge is 0.364 e. The third-order valence-corrected chi connectivity index (χ3v) is 7.22. The molecule has 0 aliphatic heterocycles. The highest BCUT2D eigenvalue weighted by Crippen LogP contribution is 2.34. The fraction of sp³-hybridized carbons (Fsp3) is 0.526. The highest BCUT2D eigenvalue weighted by atomic mass is 32.2. The van der Waals surface area contributed by atoms with E-state index in [1.807, 2.05) is 24.4 Å². The lowest BCUT2D eigenvalue weighted by Crippen LogP contribution is -2.45. The number of hydrogen-bond donors (Lipinski definition) is 2. The second-order valence-electron chi connectivity index (χ2n) is 7.84. The van der Waals surface area contributed by atoms with Crippen LogP contribution >= 0.6 is 0 Å². The maximum absolute atomic E-state index is 12.3. The Labute approximate surface area is 150 Å². The molecule has 2 heterocycles. The number of hydrogen-bond acceptors (Lipinski definition) is 3. The van der Waals surface area contributed by atoms with Crippen molar-refractivity contribution in [3.8, 4) is 11.3 Å². The molecular formula is C19H27N3O2S. The Hall–Kier alpha value is -1.66. The van der Waals surface area contributed by atoms with Crippen LogP contribution in [0.25, 0.3) is 11.3 Å². The molecule has 1 saturated carbocycles. The van der Waals surface area contributed by atoms with Crippen LogP contribution in [0.3, 0.4) is 0 Å². The summed E-state index contributed by atoms with van der Waals surface area (Å²) in [6, 6.07) is 8.13. The first-order valence-electron chi connectivity index (χ1n) is 8.88. The van der Waals surface area contributed by atoms with Crippen molar-refractivity contribution in [1.82, 2.24) is 14.7 Å². The molecule has 2 aromatic rings. The van der Waals surface area contributed by atoms with Gasteiger partial charge in [0.05, 0.1) is 10.4 Å². The smallest absolute Gasteiger partial charge is 0.216 e. The van der Waals surface area contributed by atoms with Gasteiger partial charge in [-0.15, -0.1) is 0 Å². The lowest BCUT2D eigenvalue weighted by molar-refractivity contribution is 0.368. The van der Waals surface area contributed by atoms with Gasteiger partial charge in [0.25, 0.3) is 0 Å². The summed E-state index contributed by atoms with van der Waals surface area (Å²) in [6.07, 6.45) is 7.52. The predicted molar refractivity (Wildman–Crippen MR) is 101 cm³/mol. The van der Waals surface area contributed by atoms with Gasteiger partial charge < -0.3 is 4.98 Å². The fourth-order valence-corrected chi connectivity index (χ4v) is 4.28. The molecule has 0 amide bonds. The number of rotatable bonds is 4. The molecule has 0 bridgehead atoms. The molecule has 0 saturated heterocycles. The standard InChI is InChI=1S/C19H27N3O2S/c1-19(2,3)25(23,24)22-16-9-7-14(8-10-16)18-12-15(13-21-18)17-6-4-5-11-20-17/h4-6,11-14,16,21-22H,7-10H2,1-3H3/t14-,16-. The van der Waals surface area contributed by atoms with Gasteiger partial charge in [-0.25, -0.2) is 13.1 Å². The predicted octanol–water partition coefficient (Wildman–Crippen LogP) is 3.82. The lowest BCUT2D eigenvalue weighted by atomic mass is 9.84. The number of H-pyrrole nitrogens is 1. The number of aromatic amines is 1. The SMILES string of the molecule is CC(C)(C)S(=O)(=O)N[C@H]1CC[C@H](c2cc(-c3ccccn3)c[nH]2)CC1. The zero-order valence-electron chi connectivity index (χ0n) is 15.1. The van der Waals surface area contributed by atoms with E-state index in [1.54, 1.807) is 27.0 Å². The van der Waals surface area contributed by atoms with Gasteiger partial charge in [0.2, 0.25) is 10.0 Å². The van der Waals surface area contributed by atoms with Crippen molar-refractivity contribution in [2.45, 2.75) is 63.2 Å². The molecule has 6 heteroatoms. The van der Waals surface area contributed by atoms with Crippen LogP contribution in [0, 0.1) is 0 Å². The quantitative estimate of drug-likeness (QED) is 0.869. The number of aromatic nitrogens is 2. The molecule has 2 aromatic heterocycles. The number of nitrogens with one attached hydrogen (secondary N) is 2. The van der Waals surface area contributed by atoms with Crippen molar-refractivity contribution < 1.29 is 8.42 Å². The summed E-state index contributed by atoms with van der Waals surface area (Å²) < 4.78 is 26.7. The fourth-order valence-electron chi connectivity index (χ4n) is 3.25. The number of sulfonamides is 1. The minimum Gasteiger partial charge on any atom is -0.364 e. The second-order valence-corrected chi connectivity index (χ2v) is 10.3. The van der Waals surface area contributed by atoms with E-state index in [4.69, 9.17) is 0 Å². The molecule has 25 heavy (non-hydrogen) atoms. The molecule has 1 fully saturated rings. The summed E-state index contributed by atoms with van der Waals surface area (Å²) in [6.45, 7) is 5.21. The summed E-state index contributed by atoms with van der Waals surface area (Å²) in [5.74, 6) is 0.452. The van der Waals surface area contributed by atoms with E-state index in [9.17, 15) is 8.42 Å². The molecule has 0 radical (unpaired) electrons. The van der Waals surface area contributed by atoms with E-state index in [1.165, 1.54) is 5.69 Å². The first kappa shape index (κ1) is 18.1. The van der Waals surface area contributed by atoms with Crippen LogP contribution < -0.4 is 4.72 Å². The molecule has 136 valence electrons. The summed E-state index contributed by atoms with van der Waals surface area (Å²) in [5.41, 5.74) is 3.29. The monoisotopic (exact) mass is 361 g/mol. The minimum absolute atomic E-state index is 0.0469. The zero-order valence-corrected chi connectivity index (χ0v) is 15.9. The Morgan fingerprint density at radius 1 is 1.16 bits per heavy atom. The van der Waals surface area contributed by atoms with Gasteiger partial charge in [0.15, 0.2) is 0 Å². The Kier molecular flexibility index (Phi) is 5.02. The summed E-state index contributed by atoms with van der Waals surface area (Å²) in [7, 11) is -3.28. The van der Waals surface area contributed by atoms with Crippen LogP contribution in [-0.2, 0) is 10.0 Å². The van der Waals surface area contributed by atoms with Crippen LogP contribution in [0.5, 0.6) is 0 Å². The van der Waals surface area contributed by atoms with Crippen LogP contribution in [0.1, 0.15) is 58.1 Å². The van der Waals surface area contributed by atoms with E-state index >= 15 is 0 Å². The first-order chi connectivity index (χ1) is 11.8. The van der Waals surface area contributed by atoms with Gasteiger partial charge in [-0.3, -0.25) is 4.98 Å². The van der Waals surface area contributed by atoms with Gasteiger partial charge in [-0.2, -0.15) is 0 Å². The van der Waals surface area contributed by atoms with Crippen molar-refractivity contribution >= 4 is 10.0 Å². The van der Waals surface area contributed by atoms with Gasteiger partial charge in [0.1, 0.15) is 0 Å². The van der Waals surface area contributed by atoms with Crippen LogP contribution in [0.4, 0.5) is 0 Å². The van der Waals surface area contributed by atoms with Crippen molar-refractivity contribution in [2.24, 2.45) is 0 Å². The molecule has 1 aliphatic rings. The average molecular weight is 362 g/mol. The number of nitrogens with zero attached hydrogens (tertiary/aromatic N) is 1. The molecule has 0 aromatic carbocycles. The van der Waals surface area contributed by atoms with E-state index in [0.29, 0.717) is 5.92 Å². The van der Waals surface area contributed by atoms with E-state index in [2.05, 4.69) is 20.8 Å². The second kappa shape index (κ2) is 6.92. The van der Waals surface area contributed by atoms with E-state index < -0.39 is 14.8 Å². The topological polar surface area (TPSA) is 74.8 Å².